The number of oxazole rings is 1. The molecule has 0 saturated carbocycles. The molecule has 1 aliphatic rings. The molecule has 144 valence electrons. The van der Waals surface area contributed by atoms with Gasteiger partial charge in [0.2, 0.25) is 5.89 Å². The van der Waals surface area contributed by atoms with Crippen LogP contribution in [0.3, 0.4) is 0 Å². The Kier molecular flexibility index (Phi) is 4.75. The number of aromatic nitrogens is 4. The summed E-state index contributed by atoms with van der Waals surface area (Å²) in [5, 5.41) is 9.60. The number of hydrogen-bond donors (Lipinski definition) is 2. The number of carbonyl (C=O) groups is 2. The Labute approximate surface area is 159 Å². The van der Waals surface area contributed by atoms with Gasteiger partial charge in [-0.25, -0.2) is 4.98 Å². The van der Waals surface area contributed by atoms with E-state index in [0.29, 0.717) is 30.2 Å². The van der Waals surface area contributed by atoms with E-state index in [1.165, 1.54) is 10.9 Å². The predicted molar refractivity (Wildman–Crippen MR) is 98.0 cm³/mol. The molecule has 0 saturated heterocycles. The summed E-state index contributed by atoms with van der Waals surface area (Å²) < 4.78 is 12.7. The molecule has 2 amide bonds. The summed E-state index contributed by atoms with van der Waals surface area (Å²) >= 11 is 0. The highest BCUT2D eigenvalue weighted by Gasteiger charge is 2.21. The maximum absolute atomic E-state index is 12.6. The number of nitrogens with zero attached hydrogens (tertiary/aromatic N) is 4. The van der Waals surface area contributed by atoms with Crippen LogP contribution >= 0.6 is 0 Å². The summed E-state index contributed by atoms with van der Waals surface area (Å²) in [5.74, 6) is -0.110. The smallest absolute Gasteiger partial charge is 0.277 e. The van der Waals surface area contributed by atoms with Crippen LogP contribution in [0.1, 0.15) is 33.8 Å². The number of aryl methyl sites for hydroxylation is 1. The normalized spacial score (nSPS) is 15.0. The molecular formula is C18H18N6O4. The molecule has 3 aromatic rings. The zero-order valence-electron chi connectivity index (χ0n) is 15.1. The molecule has 1 aliphatic heterocycles. The van der Waals surface area contributed by atoms with Gasteiger partial charge in [-0.05, 0) is 18.9 Å². The lowest BCUT2D eigenvalue weighted by Crippen LogP contribution is -2.26. The van der Waals surface area contributed by atoms with Crippen LogP contribution in [-0.4, -0.2) is 44.7 Å². The van der Waals surface area contributed by atoms with Crippen molar-refractivity contribution in [2.24, 2.45) is 7.05 Å². The summed E-state index contributed by atoms with van der Waals surface area (Å²) in [5.41, 5.74) is 1.12. The summed E-state index contributed by atoms with van der Waals surface area (Å²) in [6.45, 7) is 0.907. The fourth-order valence-electron chi connectivity index (χ4n) is 2.80. The third kappa shape index (κ3) is 3.56. The third-order valence-electron chi connectivity index (χ3n) is 4.16. The monoisotopic (exact) mass is 382 g/mol. The van der Waals surface area contributed by atoms with Crippen LogP contribution in [0, 0.1) is 0 Å². The number of amides is 2. The molecule has 2 bridgehead atoms. The lowest BCUT2D eigenvalue weighted by atomic mass is 10.2. The van der Waals surface area contributed by atoms with Crippen molar-refractivity contribution in [2.45, 2.75) is 12.8 Å². The Bertz CT molecular complexity index is 1020. The molecule has 0 radical (unpaired) electrons. The fraction of sp³-hybridized carbons (Fsp3) is 0.278. The first kappa shape index (κ1) is 17.7. The SMILES string of the molecule is Cn1cc2c(n1)C(=O)NCCCCOc1cnccc1-c1nc(co1)C(=O)N2. The Balaban J connectivity index is 1.69. The summed E-state index contributed by atoms with van der Waals surface area (Å²) in [4.78, 5) is 33.3. The van der Waals surface area contributed by atoms with Gasteiger partial charge >= 0.3 is 0 Å². The zero-order valence-corrected chi connectivity index (χ0v) is 15.1. The van der Waals surface area contributed by atoms with Crippen LogP contribution in [0.5, 0.6) is 5.75 Å². The van der Waals surface area contributed by atoms with E-state index in [9.17, 15) is 9.59 Å². The van der Waals surface area contributed by atoms with E-state index in [4.69, 9.17) is 9.15 Å². The maximum atomic E-state index is 12.6. The Hall–Kier alpha value is -3.69. The number of anilines is 1. The second-order valence-electron chi connectivity index (χ2n) is 6.24. The number of fused-ring (bicyclic) bond motifs is 5. The minimum Gasteiger partial charge on any atom is -0.491 e. The first-order chi connectivity index (χ1) is 13.6. The molecule has 28 heavy (non-hydrogen) atoms. The van der Waals surface area contributed by atoms with Crippen molar-refractivity contribution < 1.29 is 18.7 Å². The number of rotatable bonds is 0. The van der Waals surface area contributed by atoms with Gasteiger partial charge in [0.25, 0.3) is 11.8 Å². The van der Waals surface area contributed by atoms with Gasteiger partial charge in [0.1, 0.15) is 12.0 Å². The van der Waals surface area contributed by atoms with Crippen molar-refractivity contribution in [1.82, 2.24) is 25.1 Å². The van der Waals surface area contributed by atoms with E-state index < -0.39 is 5.91 Å². The van der Waals surface area contributed by atoms with Crippen molar-refractivity contribution in [3.63, 3.8) is 0 Å². The Morgan fingerprint density at radius 2 is 2.11 bits per heavy atom. The second kappa shape index (κ2) is 7.51. The van der Waals surface area contributed by atoms with Crippen LogP contribution < -0.4 is 15.4 Å². The summed E-state index contributed by atoms with van der Waals surface area (Å²) in [6, 6.07) is 1.71. The topological polar surface area (TPSA) is 124 Å². The van der Waals surface area contributed by atoms with E-state index in [-0.39, 0.29) is 23.2 Å². The molecular weight excluding hydrogens is 364 g/mol. The molecule has 0 unspecified atom stereocenters. The van der Waals surface area contributed by atoms with Crippen molar-refractivity contribution in [1.29, 1.82) is 0 Å². The van der Waals surface area contributed by atoms with Crippen LogP contribution in [0.25, 0.3) is 11.5 Å². The molecule has 3 aromatic heterocycles. The molecule has 0 aliphatic carbocycles. The van der Waals surface area contributed by atoms with E-state index in [1.807, 2.05) is 0 Å². The minimum atomic E-state index is -0.513. The van der Waals surface area contributed by atoms with Gasteiger partial charge < -0.3 is 19.8 Å². The van der Waals surface area contributed by atoms with Gasteiger partial charge in [0, 0.05) is 26.0 Å². The molecule has 0 spiro atoms. The zero-order chi connectivity index (χ0) is 19.5. The quantitative estimate of drug-likeness (QED) is 0.605. The molecule has 4 rings (SSSR count). The van der Waals surface area contributed by atoms with E-state index in [2.05, 4.69) is 25.7 Å². The number of hydrogen-bond acceptors (Lipinski definition) is 7. The van der Waals surface area contributed by atoms with Crippen molar-refractivity contribution in [3.8, 4) is 17.2 Å². The largest absolute Gasteiger partial charge is 0.491 e. The number of pyridine rings is 1. The summed E-state index contributed by atoms with van der Waals surface area (Å²) in [7, 11) is 1.67. The van der Waals surface area contributed by atoms with Gasteiger partial charge in [-0.1, -0.05) is 0 Å². The van der Waals surface area contributed by atoms with Gasteiger partial charge in [-0.2, -0.15) is 5.10 Å². The van der Waals surface area contributed by atoms with Crippen LogP contribution in [-0.2, 0) is 7.05 Å². The first-order valence-corrected chi connectivity index (χ1v) is 8.78. The average molecular weight is 382 g/mol. The van der Waals surface area contributed by atoms with Crippen molar-refractivity contribution in [3.05, 3.63) is 42.3 Å². The molecule has 10 heteroatoms. The van der Waals surface area contributed by atoms with E-state index in [0.717, 1.165) is 12.8 Å². The van der Waals surface area contributed by atoms with Crippen LogP contribution in [0.15, 0.2) is 35.3 Å². The maximum Gasteiger partial charge on any atom is 0.277 e. The fourth-order valence-corrected chi connectivity index (χ4v) is 2.80. The number of nitrogens with one attached hydrogen (secondary N) is 2. The Morgan fingerprint density at radius 1 is 1.21 bits per heavy atom. The molecule has 0 aromatic carbocycles. The standard InChI is InChI=1S/C18H18N6O4/c1-24-9-12-15(23-24)17(26)20-5-2-3-7-27-14-8-19-6-4-11(14)18-22-13(10-28-18)16(25)21-12/h4,6,8-10H,2-3,5,7H2,1H3,(H,20,26)(H,21,25). The highest BCUT2D eigenvalue weighted by atomic mass is 16.5. The lowest BCUT2D eigenvalue weighted by molar-refractivity contribution is 0.0947. The van der Waals surface area contributed by atoms with E-state index >= 15 is 0 Å². The van der Waals surface area contributed by atoms with E-state index in [1.54, 1.807) is 31.7 Å². The van der Waals surface area contributed by atoms with Crippen molar-refractivity contribution in [2.75, 3.05) is 18.5 Å². The molecule has 0 fully saturated rings. The van der Waals surface area contributed by atoms with Gasteiger partial charge in [0.05, 0.1) is 24.1 Å². The predicted octanol–water partition coefficient (Wildman–Crippen LogP) is 1.62. The summed E-state index contributed by atoms with van der Waals surface area (Å²) in [6.07, 6.45) is 7.44. The van der Waals surface area contributed by atoms with Gasteiger partial charge in [-0.3, -0.25) is 19.3 Å². The lowest BCUT2D eigenvalue weighted by Gasteiger charge is -2.10. The van der Waals surface area contributed by atoms with Gasteiger partial charge in [0.15, 0.2) is 11.4 Å². The number of ether oxygens (including phenoxy) is 1. The second-order valence-corrected chi connectivity index (χ2v) is 6.24. The van der Waals surface area contributed by atoms with Gasteiger partial charge in [-0.15, -0.1) is 0 Å². The van der Waals surface area contributed by atoms with Crippen molar-refractivity contribution >= 4 is 17.5 Å². The molecule has 4 heterocycles. The minimum absolute atomic E-state index is 0.0695. The highest BCUT2D eigenvalue weighted by Crippen LogP contribution is 2.29. The Morgan fingerprint density at radius 3 is 3.00 bits per heavy atom. The molecule has 2 N–H and O–H groups in total. The van der Waals surface area contributed by atoms with Crippen LogP contribution in [0.2, 0.25) is 0 Å². The molecule has 0 atom stereocenters. The average Bonchev–Trinajstić information content (AvgIpc) is 3.31. The molecule has 10 nitrogen and oxygen atoms in total. The van der Waals surface area contributed by atoms with Crippen LogP contribution in [0.4, 0.5) is 5.69 Å². The third-order valence-corrected chi connectivity index (χ3v) is 4.16. The first-order valence-electron chi connectivity index (χ1n) is 8.78. The highest BCUT2D eigenvalue weighted by molar-refractivity contribution is 6.07. The number of carbonyl (C=O) groups excluding carboxylic acids is 2.